The van der Waals surface area contributed by atoms with Crippen LogP contribution in [0.25, 0.3) is 0 Å². The summed E-state index contributed by atoms with van der Waals surface area (Å²) in [4.78, 5) is 24.5. The molecular formula is C63H116O5. The fourth-order valence-electron chi connectivity index (χ4n) is 9.03. The van der Waals surface area contributed by atoms with Crippen LogP contribution in [0.15, 0.2) is 48.6 Å². The van der Waals surface area contributed by atoms with Gasteiger partial charge in [-0.05, 0) is 77.0 Å². The second-order valence-corrected chi connectivity index (χ2v) is 20.4. The number of hydrogen-bond acceptors (Lipinski definition) is 5. The van der Waals surface area contributed by atoms with Crippen LogP contribution in [0.2, 0.25) is 0 Å². The molecule has 0 radical (unpaired) electrons. The number of hydrogen-bond donors (Lipinski definition) is 1. The summed E-state index contributed by atoms with van der Waals surface area (Å²) in [6.45, 7) is 4.14. The molecule has 0 saturated carbocycles. The van der Waals surface area contributed by atoms with Gasteiger partial charge in [0.15, 0.2) is 6.10 Å². The summed E-state index contributed by atoms with van der Waals surface area (Å²) >= 11 is 0. The number of esters is 2. The highest BCUT2D eigenvalue weighted by molar-refractivity contribution is 5.70. The maximum Gasteiger partial charge on any atom is 0.306 e. The van der Waals surface area contributed by atoms with Crippen molar-refractivity contribution in [2.45, 2.75) is 328 Å². The van der Waals surface area contributed by atoms with Gasteiger partial charge in [-0.3, -0.25) is 9.59 Å². The normalized spacial score (nSPS) is 12.5. The first kappa shape index (κ1) is 65.9. The Kier molecular flexibility index (Phi) is 57.3. The maximum absolute atomic E-state index is 12.3. The minimum atomic E-state index is -0.779. The van der Waals surface area contributed by atoms with Crippen LogP contribution in [0.4, 0.5) is 0 Å². The third-order valence-electron chi connectivity index (χ3n) is 13.6. The molecule has 0 bridgehead atoms. The molecule has 1 unspecified atom stereocenters. The van der Waals surface area contributed by atoms with Crippen molar-refractivity contribution in [2.75, 3.05) is 13.2 Å². The maximum atomic E-state index is 12.3. The topological polar surface area (TPSA) is 72.8 Å². The molecule has 398 valence electrons. The first-order valence-electron chi connectivity index (χ1n) is 30.2. The van der Waals surface area contributed by atoms with Crippen LogP contribution >= 0.6 is 0 Å². The molecule has 1 N–H and O–H groups in total. The Morgan fingerprint density at radius 3 is 0.926 bits per heavy atom. The highest BCUT2D eigenvalue weighted by atomic mass is 16.6. The smallest absolute Gasteiger partial charge is 0.306 e. The van der Waals surface area contributed by atoms with Gasteiger partial charge in [0.1, 0.15) is 6.61 Å². The van der Waals surface area contributed by atoms with Gasteiger partial charge in [0, 0.05) is 12.8 Å². The fraction of sp³-hybridized carbons (Fsp3) is 0.841. The average Bonchev–Trinajstić information content (AvgIpc) is 3.34. The Morgan fingerprint density at radius 2 is 0.588 bits per heavy atom. The highest BCUT2D eigenvalue weighted by Crippen LogP contribution is 2.17. The number of allylic oxidation sites excluding steroid dienone is 8. The van der Waals surface area contributed by atoms with E-state index >= 15 is 0 Å². The summed E-state index contributed by atoms with van der Waals surface area (Å²) in [6.07, 6.45) is 78.3. The molecule has 0 aromatic heterocycles. The molecule has 68 heavy (non-hydrogen) atoms. The van der Waals surface area contributed by atoms with Crippen LogP contribution in [0.1, 0.15) is 322 Å². The molecule has 0 aliphatic heterocycles. The molecule has 0 heterocycles. The summed E-state index contributed by atoms with van der Waals surface area (Å²) < 4.78 is 10.7. The van der Waals surface area contributed by atoms with Gasteiger partial charge in [-0.2, -0.15) is 0 Å². The van der Waals surface area contributed by atoms with Gasteiger partial charge in [-0.25, -0.2) is 0 Å². The molecule has 0 aliphatic carbocycles. The van der Waals surface area contributed by atoms with Gasteiger partial charge in [0.25, 0.3) is 0 Å². The van der Waals surface area contributed by atoms with Gasteiger partial charge in [-0.1, -0.05) is 281 Å². The number of carbonyl (C=O) groups is 2. The van der Waals surface area contributed by atoms with Crippen molar-refractivity contribution in [3.05, 3.63) is 48.6 Å². The van der Waals surface area contributed by atoms with Gasteiger partial charge >= 0.3 is 11.9 Å². The molecule has 0 aliphatic rings. The Balaban J connectivity index is 3.41. The van der Waals surface area contributed by atoms with Crippen LogP contribution in [0.5, 0.6) is 0 Å². The van der Waals surface area contributed by atoms with E-state index in [-0.39, 0.29) is 25.2 Å². The standard InChI is InChI=1S/C63H116O5/c1-3-5-7-9-11-13-15-17-19-21-23-24-25-26-27-28-29-30-31-32-33-34-35-36-37-38-40-41-43-45-47-49-51-53-55-57-62(65)67-60-61(59-64)68-63(66)58-56-54-52-50-48-46-44-42-39-22-20-18-16-14-12-10-8-6-4-2/h12,14,18,20-21,23,39,42,61,64H,3-11,13,15-17,19,22,24-38,40-41,43-60H2,1-2H3/b14-12-,20-18-,23-21-,42-39-. The Morgan fingerprint density at radius 1 is 0.338 bits per heavy atom. The zero-order valence-corrected chi connectivity index (χ0v) is 45.6. The molecule has 0 rings (SSSR count). The fourth-order valence-corrected chi connectivity index (χ4v) is 9.03. The van der Waals surface area contributed by atoms with E-state index in [9.17, 15) is 14.7 Å². The summed E-state index contributed by atoms with van der Waals surface area (Å²) in [7, 11) is 0. The molecule has 0 fully saturated rings. The summed E-state index contributed by atoms with van der Waals surface area (Å²) in [5.41, 5.74) is 0. The molecule has 1 atom stereocenters. The third-order valence-corrected chi connectivity index (χ3v) is 13.6. The second-order valence-electron chi connectivity index (χ2n) is 20.4. The van der Waals surface area contributed by atoms with Crippen molar-refractivity contribution in [1.82, 2.24) is 0 Å². The van der Waals surface area contributed by atoms with E-state index in [0.29, 0.717) is 12.8 Å². The first-order chi connectivity index (χ1) is 33.6. The van der Waals surface area contributed by atoms with Crippen molar-refractivity contribution in [1.29, 1.82) is 0 Å². The summed E-state index contributed by atoms with van der Waals surface area (Å²) in [6, 6.07) is 0. The van der Waals surface area contributed by atoms with Gasteiger partial charge in [0.05, 0.1) is 6.61 Å². The molecule has 0 aromatic carbocycles. The van der Waals surface area contributed by atoms with Crippen molar-refractivity contribution < 1.29 is 24.2 Å². The molecule has 5 nitrogen and oxygen atoms in total. The molecule has 0 saturated heterocycles. The van der Waals surface area contributed by atoms with Crippen LogP contribution in [0.3, 0.4) is 0 Å². The van der Waals surface area contributed by atoms with E-state index in [4.69, 9.17) is 9.47 Å². The van der Waals surface area contributed by atoms with Crippen molar-refractivity contribution in [3.63, 3.8) is 0 Å². The minimum absolute atomic E-state index is 0.0686. The lowest BCUT2D eigenvalue weighted by Gasteiger charge is -2.15. The average molecular weight is 954 g/mol. The monoisotopic (exact) mass is 953 g/mol. The summed E-state index contributed by atoms with van der Waals surface area (Å²) in [5.74, 6) is -0.592. The lowest BCUT2D eigenvalue weighted by atomic mass is 10.0. The molecule has 0 spiro atoms. The third kappa shape index (κ3) is 56.4. The van der Waals surface area contributed by atoms with E-state index < -0.39 is 6.10 Å². The van der Waals surface area contributed by atoms with Crippen molar-refractivity contribution >= 4 is 11.9 Å². The lowest BCUT2D eigenvalue weighted by molar-refractivity contribution is -0.161. The van der Waals surface area contributed by atoms with E-state index in [1.54, 1.807) is 0 Å². The molecule has 5 heteroatoms. The summed E-state index contributed by atoms with van der Waals surface area (Å²) in [5, 5.41) is 9.65. The Bertz CT molecular complexity index is 1120. The largest absolute Gasteiger partial charge is 0.462 e. The van der Waals surface area contributed by atoms with Crippen molar-refractivity contribution in [3.8, 4) is 0 Å². The number of rotatable bonds is 56. The molecule has 0 amide bonds. The lowest BCUT2D eigenvalue weighted by Crippen LogP contribution is -2.28. The SMILES string of the molecule is CCCCC/C=C\C/C=C\C/C=C\CCCCCCCCC(=O)OC(CO)COC(=O)CCCCCCCCCCCCCCCCCCCCCCCCC/C=C\CCCCCCCCCC. The first-order valence-corrected chi connectivity index (χ1v) is 30.2. The molecule has 0 aromatic rings. The highest BCUT2D eigenvalue weighted by Gasteiger charge is 2.16. The number of aliphatic hydroxyl groups excluding tert-OH is 1. The van der Waals surface area contributed by atoms with Gasteiger partial charge in [0.2, 0.25) is 0 Å². The van der Waals surface area contributed by atoms with E-state index in [2.05, 4.69) is 62.5 Å². The van der Waals surface area contributed by atoms with E-state index in [1.165, 1.54) is 238 Å². The van der Waals surface area contributed by atoms with Crippen LogP contribution in [0, 0.1) is 0 Å². The van der Waals surface area contributed by atoms with E-state index in [0.717, 1.165) is 57.8 Å². The zero-order valence-electron chi connectivity index (χ0n) is 45.6. The van der Waals surface area contributed by atoms with E-state index in [1.807, 2.05) is 0 Å². The van der Waals surface area contributed by atoms with Gasteiger partial charge < -0.3 is 14.6 Å². The predicted octanol–water partition coefficient (Wildman–Crippen LogP) is 20.4. The predicted molar refractivity (Wildman–Crippen MR) is 297 cm³/mol. The van der Waals surface area contributed by atoms with Crippen LogP contribution in [-0.2, 0) is 19.1 Å². The number of carbonyl (C=O) groups excluding carboxylic acids is 2. The number of unbranched alkanes of at least 4 members (excludes halogenated alkanes) is 40. The zero-order chi connectivity index (χ0) is 49.2. The Labute approximate surface area is 424 Å². The quantitative estimate of drug-likeness (QED) is 0.0374. The van der Waals surface area contributed by atoms with Crippen molar-refractivity contribution in [2.24, 2.45) is 0 Å². The number of aliphatic hydroxyl groups is 1. The minimum Gasteiger partial charge on any atom is -0.462 e. The van der Waals surface area contributed by atoms with Crippen LogP contribution in [-0.4, -0.2) is 36.4 Å². The second kappa shape index (κ2) is 59.2. The Hall–Kier alpha value is -2.14. The number of ether oxygens (including phenoxy) is 2. The van der Waals surface area contributed by atoms with Gasteiger partial charge in [-0.15, -0.1) is 0 Å². The molecular weight excluding hydrogens is 837 g/mol. The van der Waals surface area contributed by atoms with Crippen LogP contribution < -0.4 is 0 Å².